The molecule has 2 aromatic heterocycles. The van der Waals surface area contributed by atoms with Gasteiger partial charge in [0.2, 0.25) is 17.6 Å². The highest BCUT2D eigenvalue weighted by Crippen LogP contribution is 2.17. The monoisotopic (exact) mass is 330 g/mol. The Morgan fingerprint density at radius 2 is 1.96 bits per heavy atom. The van der Waals surface area contributed by atoms with E-state index in [4.69, 9.17) is 4.52 Å². The minimum Gasteiger partial charge on any atom is -0.339 e. The number of hydrogen-bond donors (Lipinski definition) is 1. The highest BCUT2D eigenvalue weighted by Gasteiger charge is 2.12. The standard InChI is InChI=1S/C16H12F2N4O2/c17-11-1-2-13(12(18)9-11)20-14(23)3-4-15-21-16(22-24-15)10-5-7-19-8-6-10/h1-2,5-9H,3-4H2,(H,20,23). The van der Waals surface area contributed by atoms with Crippen LogP contribution in [-0.2, 0) is 11.2 Å². The Kier molecular flexibility index (Phi) is 4.55. The van der Waals surface area contributed by atoms with Crippen LogP contribution in [0.25, 0.3) is 11.4 Å². The predicted molar refractivity (Wildman–Crippen MR) is 80.8 cm³/mol. The number of carbonyl (C=O) groups is 1. The van der Waals surface area contributed by atoms with E-state index in [1.165, 1.54) is 0 Å². The van der Waals surface area contributed by atoms with Gasteiger partial charge < -0.3 is 9.84 Å². The molecule has 0 saturated heterocycles. The summed E-state index contributed by atoms with van der Waals surface area (Å²) < 4.78 is 31.4. The van der Waals surface area contributed by atoms with Crippen LogP contribution in [0.5, 0.6) is 0 Å². The SMILES string of the molecule is O=C(CCc1nc(-c2ccncc2)no1)Nc1ccc(F)cc1F. The molecule has 0 fully saturated rings. The van der Waals surface area contributed by atoms with Crippen molar-refractivity contribution < 1.29 is 18.1 Å². The molecule has 0 saturated carbocycles. The number of halogens is 2. The largest absolute Gasteiger partial charge is 0.339 e. The molecule has 8 heteroatoms. The summed E-state index contributed by atoms with van der Waals surface area (Å²) in [4.78, 5) is 19.9. The van der Waals surface area contributed by atoms with Gasteiger partial charge >= 0.3 is 0 Å². The van der Waals surface area contributed by atoms with Crippen molar-refractivity contribution in [3.8, 4) is 11.4 Å². The van der Waals surface area contributed by atoms with E-state index in [1.807, 2.05) is 0 Å². The van der Waals surface area contributed by atoms with E-state index >= 15 is 0 Å². The van der Waals surface area contributed by atoms with Crippen molar-refractivity contribution in [1.82, 2.24) is 15.1 Å². The van der Waals surface area contributed by atoms with E-state index < -0.39 is 17.5 Å². The van der Waals surface area contributed by atoms with Crippen LogP contribution in [-0.4, -0.2) is 21.0 Å². The number of aryl methyl sites for hydroxylation is 1. The fourth-order valence-electron chi connectivity index (χ4n) is 2.00. The van der Waals surface area contributed by atoms with Gasteiger partial charge in [-0.15, -0.1) is 0 Å². The molecular weight excluding hydrogens is 318 g/mol. The molecule has 1 amide bonds. The van der Waals surface area contributed by atoms with Crippen LogP contribution in [0.1, 0.15) is 12.3 Å². The first-order valence-electron chi connectivity index (χ1n) is 7.10. The zero-order chi connectivity index (χ0) is 16.9. The number of aromatic nitrogens is 3. The molecule has 24 heavy (non-hydrogen) atoms. The average molecular weight is 330 g/mol. The number of benzene rings is 1. The third-order valence-electron chi connectivity index (χ3n) is 3.18. The zero-order valence-electron chi connectivity index (χ0n) is 12.4. The molecule has 0 spiro atoms. The number of nitrogens with one attached hydrogen (secondary N) is 1. The van der Waals surface area contributed by atoms with Crippen molar-refractivity contribution >= 4 is 11.6 Å². The Hall–Kier alpha value is -3.16. The average Bonchev–Trinajstić information content (AvgIpc) is 3.05. The van der Waals surface area contributed by atoms with Crippen LogP contribution >= 0.6 is 0 Å². The first kappa shape index (κ1) is 15.7. The number of carbonyl (C=O) groups excluding carboxylic acids is 1. The smallest absolute Gasteiger partial charge is 0.227 e. The van der Waals surface area contributed by atoms with Crippen LogP contribution in [0.15, 0.2) is 47.2 Å². The lowest BCUT2D eigenvalue weighted by atomic mass is 10.2. The van der Waals surface area contributed by atoms with Crippen molar-refractivity contribution in [2.45, 2.75) is 12.8 Å². The maximum Gasteiger partial charge on any atom is 0.227 e. The second kappa shape index (κ2) is 6.95. The second-order valence-corrected chi connectivity index (χ2v) is 4.92. The maximum absolute atomic E-state index is 13.5. The van der Waals surface area contributed by atoms with E-state index in [2.05, 4.69) is 20.4 Å². The number of hydrogen-bond acceptors (Lipinski definition) is 5. The van der Waals surface area contributed by atoms with Crippen molar-refractivity contribution in [3.05, 3.63) is 60.3 Å². The van der Waals surface area contributed by atoms with E-state index in [9.17, 15) is 13.6 Å². The van der Waals surface area contributed by atoms with Crippen LogP contribution in [0.2, 0.25) is 0 Å². The molecule has 0 atom stereocenters. The molecule has 0 aliphatic carbocycles. The van der Waals surface area contributed by atoms with E-state index in [1.54, 1.807) is 24.5 Å². The minimum absolute atomic E-state index is 0.0226. The van der Waals surface area contributed by atoms with Gasteiger partial charge in [-0.1, -0.05) is 5.16 Å². The van der Waals surface area contributed by atoms with E-state index in [0.29, 0.717) is 11.9 Å². The van der Waals surface area contributed by atoms with Gasteiger partial charge in [-0.25, -0.2) is 8.78 Å². The van der Waals surface area contributed by atoms with Gasteiger partial charge in [0.25, 0.3) is 0 Å². The van der Waals surface area contributed by atoms with Gasteiger partial charge in [0.05, 0.1) is 5.69 Å². The summed E-state index contributed by atoms with van der Waals surface area (Å²) in [5.74, 6) is -1.29. The number of nitrogens with zero attached hydrogens (tertiary/aromatic N) is 3. The Balaban J connectivity index is 1.58. The molecule has 0 aliphatic rings. The fourth-order valence-corrected chi connectivity index (χ4v) is 2.00. The third kappa shape index (κ3) is 3.78. The van der Waals surface area contributed by atoms with Crippen molar-refractivity contribution in [2.24, 2.45) is 0 Å². The fraction of sp³-hybridized carbons (Fsp3) is 0.125. The number of anilines is 1. The van der Waals surface area contributed by atoms with Crippen LogP contribution in [0.4, 0.5) is 14.5 Å². The Labute approximate surface area is 135 Å². The van der Waals surface area contributed by atoms with Crippen molar-refractivity contribution in [2.75, 3.05) is 5.32 Å². The van der Waals surface area contributed by atoms with Crippen LogP contribution in [0.3, 0.4) is 0 Å². The molecule has 122 valence electrons. The van der Waals surface area contributed by atoms with Gasteiger partial charge in [-0.05, 0) is 24.3 Å². The molecule has 0 unspecified atom stereocenters. The molecule has 3 rings (SSSR count). The van der Waals surface area contributed by atoms with Crippen LogP contribution in [0, 0.1) is 11.6 Å². The third-order valence-corrected chi connectivity index (χ3v) is 3.18. The summed E-state index contributed by atoms with van der Waals surface area (Å²) in [5, 5.41) is 6.19. The molecular formula is C16H12F2N4O2. The van der Waals surface area contributed by atoms with Gasteiger partial charge in [0.15, 0.2) is 0 Å². The topological polar surface area (TPSA) is 80.9 Å². The lowest BCUT2D eigenvalue weighted by Crippen LogP contribution is -2.13. The zero-order valence-corrected chi connectivity index (χ0v) is 12.4. The van der Waals surface area contributed by atoms with Gasteiger partial charge in [0.1, 0.15) is 11.6 Å². The summed E-state index contributed by atoms with van der Waals surface area (Å²) in [5.41, 5.74) is 0.669. The Morgan fingerprint density at radius 1 is 1.17 bits per heavy atom. The lowest BCUT2D eigenvalue weighted by Gasteiger charge is -2.05. The summed E-state index contributed by atoms with van der Waals surface area (Å²) in [6.07, 6.45) is 3.44. The summed E-state index contributed by atoms with van der Waals surface area (Å²) in [6.45, 7) is 0. The molecule has 0 bridgehead atoms. The molecule has 0 radical (unpaired) electrons. The first-order chi connectivity index (χ1) is 11.6. The van der Waals surface area contributed by atoms with E-state index in [0.717, 1.165) is 17.7 Å². The van der Waals surface area contributed by atoms with Crippen molar-refractivity contribution in [1.29, 1.82) is 0 Å². The normalized spacial score (nSPS) is 10.6. The number of amides is 1. The highest BCUT2D eigenvalue weighted by atomic mass is 19.1. The summed E-state index contributed by atoms with van der Waals surface area (Å²) in [6, 6.07) is 6.40. The number of pyridine rings is 1. The molecule has 1 N–H and O–H groups in total. The highest BCUT2D eigenvalue weighted by molar-refractivity contribution is 5.90. The maximum atomic E-state index is 13.5. The lowest BCUT2D eigenvalue weighted by molar-refractivity contribution is -0.116. The van der Waals surface area contributed by atoms with Gasteiger partial charge in [0, 0.05) is 36.9 Å². The number of rotatable bonds is 5. The minimum atomic E-state index is -0.832. The second-order valence-electron chi connectivity index (χ2n) is 4.92. The Morgan fingerprint density at radius 3 is 2.71 bits per heavy atom. The van der Waals surface area contributed by atoms with Crippen molar-refractivity contribution in [3.63, 3.8) is 0 Å². The van der Waals surface area contributed by atoms with Gasteiger partial charge in [-0.3, -0.25) is 9.78 Å². The van der Waals surface area contributed by atoms with Crippen LogP contribution < -0.4 is 5.32 Å². The first-order valence-corrected chi connectivity index (χ1v) is 7.10. The predicted octanol–water partition coefficient (Wildman–Crippen LogP) is 2.98. The molecule has 3 aromatic rings. The quantitative estimate of drug-likeness (QED) is 0.778. The van der Waals surface area contributed by atoms with E-state index in [-0.39, 0.29) is 24.4 Å². The molecule has 6 nitrogen and oxygen atoms in total. The molecule has 0 aliphatic heterocycles. The Bertz CT molecular complexity index is 852. The summed E-state index contributed by atoms with van der Waals surface area (Å²) in [7, 11) is 0. The molecule has 2 heterocycles. The summed E-state index contributed by atoms with van der Waals surface area (Å²) >= 11 is 0. The molecule has 1 aromatic carbocycles. The van der Waals surface area contributed by atoms with Gasteiger partial charge in [-0.2, -0.15) is 4.98 Å².